The van der Waals surface area contributed by atoms with Crippen molar-refractivity contribution in [2.45, 2.75) is 20.3 Å². The van der Waals surface area contributed by atoms with Gasteiger partial charge in [-0.15, -0.1) is 0 Å². The second-order valence-corrected chi connectivity index (χ2v) is 5.65. The predicted molar refractivity (Wildman–Crippen MR) is 78.8 cm³/mol. The molecule has 1 unspecified atom stereocenters. The van der Waals surface area contributed by atoms with Crippen LogP contribution in [0.1, 0.15) is 20.3 Å². The highest BCUT2D eigenvalue weighted by Crippen LogP contribution is 2.34. The number of carbonyl (C=O) groups excluding carboxylic acids is 1. The lowest BCUT2D eigenvalue weighted by Crippen LogP contribution is -2.30. The molecule has 0 saturated carbocycles. The van der Waals surface area contributed by atoms with Crippen molar-refractivity contribution in [3.05, 3.63) is 22.2 Å². The minimum absolute atomic E-state index is 0.0935. The maximum absolute atomic E-state index is 12.0. The maximum atomic E-state index is 12.0. The number of aromatic hydroxyl groups is 1. The molecular weight excluding hydrogens is 287 g/mol. The van der Waals surface area contributed by atoms with Crippen LogP contribution in [0.25, 0.3) is 0 Å². The van der Waals surface area contributed by atoms with Crippen molar-refractivity contribution in [1.82, 2.24) is 0 Å². The molecule has 0 radical (unpaired) electrons. The monoisotopic (exact) mass is 304 g/mol. The molecule has 1 rings (SSSR count). The first-order chi connectivity index (χ1) is 8.85. The normalized spacial score (nSPS) is 12.5. The number of hydrogen-bond donors (Lipinski definition) is 3. The fraction of sp³-hybridized carbons (Fsp3) is 0.462. The molecule has 0 aromatic heterocycles. The third-order valence-corrected chi connectivity index (χ3v) is 3.27. The topological polar surface area (TPSA) is 75.4 Å². The second-order valence-electron chi connectivity index (χ2n) is 4.84. The highest BCUT2D eigenvalue weighted by molar-refractivity contribution is 6.37. The van der Waals surface area contributed by atoms with Crippen molar-refractivity contribution in [2.24, 2.45) is 17.6 Å². The van der Waals surface area contributed by atoms with Gasteiger partial charge in [-0.2, -0.15) is 0 Å². The van der Waals surface area contributed by atoms with E-state index in [-0.39, 0.29) is 34.2 Å². The third-order valence-electron chi connectivity index (χ3n) is 2.70. The van der Waals surface area contributed by atoms with Gasteiger partial charge in [-0.25, -0.2) is 0 Å². The van der Waals surface area contributed by atoms with Crippen LogP contribution in [0.4, 0.5) is 5.69 Å². The van der Waals surface area contributed by atoms with Crippen LogP contribution in [0.3, 0.4) is 0 Å². The Morgan fingerprint density at radius 2 is 1.89 bits per heavy atom. The first-order valence-electron chi connectivity index (χ1n) is 6.04. The number of phenolic OH excluding ortho intramolecular Hbond substituents is 1. The average molecular weight is 305 g/mol. The third kappa shape index (κ3) is 4.56. The van der Waals surface area contributed by atoms with Gasteiger partial charge in [0.2, 0.25) is 5.91 Å². The molecule has 0 aliphatic heterocycles. The molecule has 1 aromatic carbocycles. The largest absolute Gasteiger partial charge is 0.505 e. The number of hydrogen-bond acceptors (Lipinski definition) is 3. The van der Waals surface area contributed by atoms with Crippen LogP contribution >= 0.6 is 23.2 Å². The van der Waals surface area contributed by atoms with Gasteiger partial charge in [0.25, 0.3) is 0 Å². The zero-order valence-electron chi connectivity index (χ0n) is 10.9. The SMILES string of the molecule is CC(C)CC(CN)C(=O)Nc1cc(Cl)c(O)c(Cl)c1. The summed E-state index contributed by atoms with van der Waals surface area (Å²) in [6.45, 7) is 4.35. The minimum Gasteiger partial charge on any atom is -0.505 e. The van der Waals surface area contributed by atoms with E-state index >= 15 is 0 Å². The Labute approximate surface area is 122 Å². The Morgan fingerprint density at radius 1 is 1.37 bits per heavy atom. The first-order valence-corrected chi connectivity index (χ1v) is 6.79. The Bertz CT molecular complexity index is 441. The van der Waals surface area contributed by atoms with Gasteiger partial charge in [-0.1, -0.05) is 37.0 Å². The van der Waals surface area contributed by atoms with Gasteiger partial charge in [-0.05, 0) is 24.5 Å². The molecule has 0 heterocycles. The van der Waals surface area contributed by atoms with Crippen LogP contribution in [0.2, 0.25) is 10.0 Å². The van der Waals surface area contributed by atoms with Crippen LogP contribution in [0.5, 0.6) is 5.75 Å². The summed E-state index contributed by atoms with van der Waals surface area (Å²) in [6, 6.07) is 2.90. The van der Waals surface area contributed by atoms with E-state index in [4.69, 9.17) is 28.9 Å². The van der Waals surface area contributed by atoms with Crippen LogP contribution in [-0.4, -0.2) is 17.6 Å². The van der Waals surface area contributed by atoms with Gasteiger partial charge in [-0.3, -0.25) is 4.79 Å². The standard InChI is InChI=1S/C13H18Cl2N2O2/c1-7(2)3-8(6-16)13(19)17-9-4-10(14)12(18)11(15)5-9/h4-5,7-8,18H,3,6,16H2,1-2H3,(H,17,19). The van der Waals surface area contributed by atoms with E-state index in [2.05, 4.69) is 5.32 Å². The summed E-state index contributed by atoms with van der Waals surface area (Å²) >= 11 is 11.6. The Hall–Kier alpha value is -0.970. The molecule has 1 amide bonds. The second kappa shape index (κ2) is 6.98. The summed E-state index contributed by atoms with van der Waals surface area (Å²) in [5, 5.41) is 12.3. The van der Waals surface area contributed by atoms with Gasteiger partial charge in [0, 0.05) is 12.2 Å². The van der Waals surface area contributed by atoms with Crippen molar-refractivity contribution in [3.63, 3.8) is 0 Å². The molecule has 19 heavy (non-hydrogen) atoms. The van der Waals surface area contributed by atoms with E-state index in [9.17, 15) is 9.90 Å². The lowest BCUT2D eigenvalue weighted by Gasteiger charge is -2.17. The number of anilines is 1. The molecule has 106 valence electrons. The van der Waals surface area contributed by atoms with Gasteiger partial charge in [0.05, 0.1) is 16.0 Å². The molecule has 1 aromatic rings. The number of nitrogens with one attached hydrogen (secondary N) is 1. The van der Waals surface area contributed by atoms with Crippen molar-refractivity contribution in [3.8, 4) is 5.75 Å². The molecule has 6 heteroatoms. The first kappa shape index (κ1) is 16.1. The van der Waals surface area contributed by atoms with Crippen molar-refractivity contribution in [2.75, 3.05) is 11.9 Å². The zero-order chi connectivity index (χ0) is 14.6. The Balaban J connectivity index is 2.81. The van der Waals surface area contributed by atoms with Gasteiger partial charge in [0.1, 0.15) is 0 Å². The zero-order valence-corrected chi connectivity index (χ0v) is 12.4. The van der Waals surface area contributed by atoms with Gasteiger partial charge >= 0.3 is 0 Å². The van der Waals surface area contributed by atoms with Crippen LogP contribution in [-0.2, 0) is 4.79 Å². The number of rotatable bonds is 5. The summed E-state index contributed by atoms with van der Waals surface area (Å²) in [5.74, 6) is -0.245. The molecule has 0 aliphatic carbocycles. The van der Waals surface area contributed by atoms with Crippen molar-refractivity contribution < 1.29 is 9.90 Å². The summed E-state index contributed by atoms with van der Waals surface area (Å²) in [5.41, 5.74) is 6.05. The minimum atomic E-state index is -0.258. The maximum Gasteiger partial charge on any atom is 0.228 e. The fourth-order valence-corrected chi connectivity index (χ4v) is 2.25. The van der Waals surface area contributed by atoms with E-state index in [0.29, 0.717) is 18.0 Å². The molecule has 0 fully saturated rings. The van der Waals surface area contributed by atoms with E-state index in [1.807, 2.05) is 13.8 Å². The van der Waals surface area contributed by atoms with Crippen LogP contribution in [0, 0.1) is 11.8 Å². The smallest absolute Gasteiger partial charge is 0.228 e. The molecule has 4 nitrogen and oxygen atoms in total. The predicted octanol–water partition coefficient (Wildman–Crippen LogP) is 3.26. The summed E-state index contributed by atoms with van der Waals surface area (Å²) in [6.07, 6.45) is 0.710. The van der Waals surface area contributed by atoms with E-state index in [1.54, 1.807) is 0 Å². The fourth-order valence-electron chi connectivity index (χ4n) is 1.76. The van der Waals surface area contributed by atoms with Crippen LogP contribution in [0.15, 0.2) is 12.1 Å². The van der Waals surface area contributed by atoms with E-state index in [0.717, 1.165) is 0 Å². The number of halogens is 2. The quantitative estimate of drug-likeness (QED) is 0.731. The highest BCUT2D eigenvalue weighted by atomic mass is 35.5. The number of amides is 1. The number of carbonyl (C=O) groups is 1. The molecule has 0 spiro atoms. The summed E-state index contributed by atoms with van der Waals surface area (Å²) in [4.78, 5) is 12.0. The number of nitrogens with two attached hydrogens (primary N) is 1. The molecule has 0 saturated heterocycles. The molecule has 4 N–H and O–H groups in total. The average Bonchev–Trinajstić information content (AvgIpc) is 2.32. The molecule has 0 bridgehead atoms. The Kier molecular flexibility index (Phi) is 5.91. The lowest BCUT2D eigenvalue weighted by molar-refractivity contribution is -0.120. The number of phenols is 1. The summed E-state index contributed by atoms with van der Waals surface area (Å²) in [7, 11) is 0. The van der Waals surface area contributed by atoms with Crippen molar-refractivity contribution in [1.29, 1.82) is 0 Å². The van der Waals surface area contributed by atoms with Gasteiger partial charge < -0.3 is 16.2 Å². The van der Waals surface area contributed by atoms with Crippen LogP contribution < -0.4 is 11.1 Å². The summed E-state index contributed by atoms with van der Waals surface area (Å²) < 4.78 is 0. The lowest BCUT2D eigenvalue weighted by atomic mass is 9.96. The Morgan fingerprint density at radius 3 is 2.32 bits per heavy atom. The molecule has 0 aliphatic rings. The molecule has 1 atom stereocenters. The van der Waals surface area contributed by atoms with E-state index < -0.39 is 0 Å². The number of benzene rings is 1. The van der Waals surface area contributed by atoms with E-state index in [1.165, 1.54) is 12.1 Å². The van der Waals surface area contributed by atoms with Gasteiger partial charge in [0.15, 0.2) is 5.75 Å². The highest BCUT2D eigenvalue weighted by Gasteiger charge is 2.19. The van der Waals surface area contributed by atoms with Crippen molar-refractivity contribution >= 4 is 34.8 Å². The molecular formula is C13H18Cl2N2O2.